The van der Waals surface area contributed by atoms with E-state index in [4.69, 9.17) is 10.6 Å². The van der Waals surface area contributed by atoms with E-state index in [9.17, 15) is 0 Å². The summed E-state index contributed by atoms with van der Waals surface area (Å²) in [6, 6.07) is 2.25. The van der Waals surface area contributed by atoms with Gasteiger partial charge in [-0.25, -0.2) is 0 Å². The van der Waals surface area contributed by atoms with Gasteiger partial charge >= 0.3 is 0 Å². The highest BCUT2D eigenvalue weighted by Crippen LogP contribution is 2.44. The molecule has 1 aromatic rings. The molecular formula is C15H25BrN2OS. The second-order valence-corrected chi connectivity index (χ2v) is 8.40. The lowest BCUT2D eigenvalue weighted by molar-refractivity contribution is -0.0861. The van der Waals surface area contributed by atoms with Crippen molar-refractivity contribution in [1.82, 2.24) is 5.43 Å². The zero-order valence-corrected chi connectivity index (χ0v) is 14.9. The number of methoxy groups -OCH3 is 1. The molecule has 3 N–H and O–H groups in total. The molecule has 0 aliphatic heterocycles. The van der Waals surface area contributed by atoms with Crippen molar-refractivity contribution in [3.05, 3.63) is 20.8 Å². The van der Waals surface area contributed by atoms with Crippen LogP contribution < -0.4 is 11.3 Å². The first-order valence-corrected chi connectivity index (χ1v) is 8.83. The molecule has 1 unspecified atom stereocenters. The minimum Gasteiger partial charge on any atom is -0.377 e. The quantitative estimate of drug-likeness (QED) is 0.618. The summed E-state index contributed by atoms with van der Waals surface area (Å²) in [5, 5.41) is 2.11. The molecule has 2 rings (SSSR count). The Bertz CT molecular complexity index is 437. The molecule has 20 heavy (non-hydrogen) atoms. The fourth-order valence-corrected chi connectivity index (χ4v) is 4.66. The molecule has 1 atom stereocenters. The standard InChI is InChI=1S/C15H25BrN2OS/c1-14(2)5-7-15(19-3,8-6-14)13(18-17)10-12-11(16)4-9-20-12/h4,9,13,18H,5-8,10,17H2,1-3H3. The summed E-state index contributed by atoms with van der Waals surface area (Å²) in [7, 11) is 1.83. The van der Waals surface area contributed by atoms with Crippen LogP contribution >= 0.6 is 27.3 Å². The molecule has 0 amide bonds. The van der Waals surface area contributed by atoms with Crippen LogP contribution in [0, 0.1) is 5.41 Å². The summed E-state index contributed by atoms with van der Waals surface area (Å²) in [5.74, 6) is 5.86. The van der Waals surface area contributed by atoms with E-state index in [1.54, 1.807) is 11.3 Å². The predicted molar refractivity (Wildman–Crippen MR) is 88.8 cm³/mol. The maximum Gasteiger partial charge on any atom is 0.0848 e. The van der Waals surface area contributed by atoms with E-state index in [1.807, 2.05) is 7.11 Å². The molecule has 114 valence electrons. The van der Waals surface area contributed by atoms with Crippen molar-refractivity contribution >= 4 is 27.3 Å². The van der Waals surface area contributed by atoms with Crippen LogP contribution in [-0.4, -0.2) is 18.8 Å². The third-order valence-corrected chi connectivity index (χ3v) is 6.72. The Labute approximate surface area is 134 Å². The van der Waals surface area contributed by atoms with Gasteiger partial charge in [0.15, 0.2) is 0 Å². The van der Waals surface area contributed by atoms with Gasteiger partial charge in [0.25, 0.3) is 0 Å². The van der Waals surface area contributed by atoms with E-state index < -0.39 is 0 Å². The van der Waals surface area contributed by atoms with Crippen molar-refractivity contribution in [2.24, 2.45) is 11.3 Å². The average molecular weight is 361 g/mol. The molecule has 0 radical (unpaired) electrons. The summed E-state index contributed by atoms with van der Waals surface area (Å²) >= 11 is 5.37. The largest absolute Gasteiger partial charge is 0.377 e. The fourth-order valence-electron chi connectivity index (χ4n) is 3.10. The molecule has 0 saturated heterocycles. The van der Waals surface area contributed by atoms with Gasteiger partial charge in [0, 0.05) is 22.9 Å². The molecule has 1 fully saturated rings. The summed E-state index contributed by atoms with van der Waals surface area (Å²) in [6.07, 6.45) is 5.40. The predicted octanol–water partition coefficient (Wildman–Crippen LogP) is 3.87. The van der Waals surface area contributed by atoms with Crippen LogP contribution in [0.3, 0.4) is 0 Å². The Hall–Kier alpha value is 0.0600. The van der Waals surface area contributed by atoms with E-state index >= 15 is 0 Å². The van der Waals surface area contributed by atoms with Crippen molar-refractivity contribution in [2.45, 2.75) is 57.6 Å². The Balaban J connectivity index is 2.14. The van der Waals surface area contributed by atoms with Gasteiger partial charge in [0.05, 0.1) is 11.6 Å². The lowest BCUT2D eigenvalue weighted by Gasteiger charge is -2.46. The van der Waals surface area contributed by atoms with Crippen LogP contribution in [0.1, 0.15) is 44.4 Å². The first-order chi connectivity index (χ1) is 9.42. The number of hydrazine groups is 1. The van der Waals surface area contributed by atoms with Crippen LogP contribution in [0.5, 0.6) is 0 Å². The molecular weight excluding hydrogens is 336 g/mol. The fraction of sp³-hybridized carbons (Fsp3) is 0.733. The van der Waals surface area contributed by atoms with Gasteiger partial charge < -0.3 is 4.74 Å². The molecule has 1 heterocycles. The number of hydrogen-bond acceptors (Lipinski definition) is 4. The Morgan fingerprint density at radius 3 is 2.50 bits per heavy atom. The topological polar surface area (TPSA) is 47.3 Å². The monoisotopic (exact) mass is 360 g/mol. The average Bonchev–Trinajstić information content (AvgIpc) is 2.83. The second-order valence-electron chi connectivity index (χ2n) is 6.55. The number of halogens is 1. The van der Waals surface area contributed by atoms with E-state index in [0.717, 1.165) is 19.3 Å². The summed E-state index contributed by atoms with van der Waals surface area (Å²) < 4.78 is 7.13. The van der Waals surface area contributed by atoms with Crippen LogP contribution in [0.25, 0.3) is 0 Å². The van der Waals surface area contributed by atoms with Crippen molar-refractivity contribution in [2.75, 3.05) is 7.11 Å². The van der Waals surface area contributed by atoms with Crippen LogP contribution in [-0.2, 0) is 11.2 Å². The number of thiophene rings is 1. The lowest BCUT2D eigenvalue weighted by Crippen LogP contribution is -2.57. The number of nitrogens with one attached hydrogen (secondary N) is 1. The Kier molecular flexibility index (Phi) is 5.29. The van der Waals surface area contributed by atoms with Crippen molar-refractivity contribution < 1.29 is 4.74 Å². The molecule has 5 heteroatoms. The second kappa shape index (κ2) is 6.44. The van der Waals surface area contributed by atoms with Crippen LogP contribution in [0.4, 0.5) is 0 Å². The number of ether oxygens (including phenoxy) is 1. The van der Waals surface area contributed by atoms with E-state index in [0.29, 0.717) is 5.41 Å². The van der Waals surface area contributed by atoms with Gasteiger partial charge in [0.2, 0.25) is 0 Å². The van der Waals surface area contributed by atoms with E-state index in [-0.39, 0.29) is 11.6 Å². The molecule has 0 bridgehead atoms. The SMILES string of the molecule is COC1(C(Cc2sccc2Br)NN)CCC(C)(C)CC1. The molecule has 1 saturated carbocycles. The maximum atomic E-state index is 5.96. The highest BCUT2D eigenvalue weighted by molar-refractivity contribution is 9.10. The molecule has 1 aromatic heterocycles. The van der Waals surface area contributed by atoms with Gasteiger partial charge in [-0.1, -0.05) is 13.8 Å². The first kappa shape index (κ1) is 16.4. The molecule has 0 spiro atoms. The third-order valence-electron chi connectivity index (χ3n) is 4.77. The number of rotatable bonds is 5. The normalized spacial score (nSPS) is 22.6. The first-order valence-electron chi connectivity index (χ1n) is 7.16. The third kappa shape index (κ3) is 3.45. The Morgan fingerprint density at radius 2 is 2.05 bits per heavy atom. The zero-order chi connectivity index (χ0) is 14.8. The van der Waals surface area contributed by atoms with Gasteiger partial charge in [-0.05, 0) is 58.5 Å². The molecule has 1 aliphatic carbocycles. The van der Waals surface area contributed by atoms with E-state index in [2.05, 4.69) is 46.6 Å². The summed E-state index contributed by atoms with van der Waals surface area (Å²) in [4.78, 5) is 1.33. The lowest BCUT2D eigenvalue weighted by atomic mass is 9.68. The van der Waals surface area contributed by atoms with Crippen molar-refractivity contribution in [1.29, 1.82) is 0 Å². The Morgan fingerprint density at radius 1 is 1.40 bits per heavy atom. The number of hydrogen-bond donors (Lipinski definition) is 2. The molecule has 0 aromatic carbocycles. The van der Waals surface area contributed by atoms with Gasteiger partial charge in [-0.2, -0.15) is 0 Å². The smallest absolute Gasteiger partial charge is 0.0848 e. The van der Waals surface area contributed by atoms with Gasteiger partial charge in [0.1, 0.15) is 0 Å². The highest BCUT2D eigenvalue weighted by atomic mass is 79.9. The summed E-state index contributed by atoms with van der Waals surface area (Å²) in [5.41, 5.74) is 3.29. The summed E-state index contributed by atoms with van der Waals surface area (Å²) in [6.45, 7) is 4.68. The number of nitrogens with two attached hydrogens (primary N) is 1. The van der Waals surface area contributed by atoms with Crippen molar-refractivity contribution in [3.8, 4) is 0 Å². The van der Waals surface area contributed by atoms with Crippen LogP contribution in [0.2, 0.25) is 0 Å². The van der Waals surface area contributed by atoms with Crippen molar-refractivity contribution in [3.63, 3.8) is 0 Å². The van der Waals surface area contributed by atoms with Gasteiger partial charge in [-0.15, -0.1) is 11.3 Å². The molecule has 1 aliphatic rings. The van der Waals surface area contributed by atoms with Gasteiger partial charge in [-0.3, -0.25) is 11.3 Å². The minimum atomic E-state index is -0.145. The molecule has 3 nitrogen and oxygen atoms in total. The van der Waals surface area contributed by atoms with Crippen LogP contribution in [0.15, 0.2) is 15.9 Å². The van der Waals surface area contributed by atoms with E-state index in [1.165, 1.54) is 22.2 Å². The highest BCUT2D eigenvalue weighted by Gasteiger charge is 2.44. The zero-order valence-electron chi connectivity index (χ0n) is 12.5. The minimum absolute atomic E-state index is 0.145. The maximum absolute atomic E-state index is 5.96.